The highest BCUT2D eigenvalue weighted by Gasteiger charge is 2.37. The van der Waals surface area contributed by atoms with Crippen molar-refractivity contribution in [1.82, 2.24) is 4.90 Å². The molecule has 1 saturated carbocycles. The van der Waals surface area contributed by atoms with Crippen LogP contribution in [0.4, 0.5) is 13.2 Å². The molecular weight excluding hydrogens is 307 g/mol. The van der Waals surface area contributed by atoms with E-state index in [9.17, 15) is 22.8 Å². The molecule has 0 heterocycles. The van der Waals surface area contributed by atoms with E-state index in [0.29, 0.717) is 12.8 Å². The van der Waals surface area contributed by atoms with Gasteiger partial charge in [0.1, 0.15) is 6.54 Å². The van der Waals surface area contributed by atoms with Gasteiger partial charge in [-0.15, -0.1) is 0 Å². The number of hydrogen-bond donors (Lipinski definition) is 1. The Morgan fingerprint density at radius 3 is 2.43 bits per heavy atom. The average molecular weight is 319 g/mol. The molecule has 0 atom stereocenters. The van der Waals surface area contributed by atoms with Crippen LogP contribution in [0.2, 0.25) is 0 Å². The van der Waals surface area contributed by atoms with E-state index in [1.807, 2.05) is 0 Å². The number of carboxylic acid groups (broad SMARTS) is 1. The summed E-state index contributed by atoms with van der Waals surface area (Å²) in [6, 6.07) is 5.16. The van der Waals surface area contributed by atoms with Gasteiger partial charge in [0.15, 0.2) is 0 Å². The van der Waals surface area contributed by atoms with Crippen LogP contribution >= 0.6 is 11.8 Å². The highest BCUT2D eigenvalue weighted by molar-refractivity contribution is 8.00. The highest BCUT2D eigenvalue weighted by Crippen LogP contribution is 2.39. The predicted octanol–water partition coefficient (Wildman–Crippen LogP) is 2.99. The van der Waals surface area contributed by atoms with Crippen LogP contribution in [0, 0.1) is 0 Å². The van der Waals surface area contributed by atoms with Crippen LogP contribution in [0.5, 0.6) is 0 Å². The maximum absolute atomic E-state index is 12.5. The molecule has 0 saturated heterocycles. The van der Waals surface area contributed by atoms with Crippen molar-refractivity contribution in [3.05, 3.63) is 29.8 Å². The fourth-order valence-corrected chi connectivity index (χ4v) is 2.57. The summed E-state index contributed by atoms with van der Waals surface area (Å²) in [5, 5.41) is 8.83. The number of nitrogens with zero attached hydrogens (tertiary/aromatic N) is 1. The van der Waals surface area contributed by atoms with Crippen molar-refractivity contribution in [2.24, 2.45) is 0 Å². The van der Waals surface area contributed by atoms with Crippen molar-refractivity contribution >= 4 is 23.6 Å². The lowest BCUT2D eigenvalue weighted by Gasteiger charge is -2.21. The maximum atomic E-state index is 12.5. The first-order valence-corrected chi connectivity index (χ1v) is 6.97. The van der Waals surface area contributed by atoms with E-state index in [0.717, 1.165) is 4.90 Å². The van der Waals surface area contributed by atoms with Gasteiger partial charge in [0.2, 0.25) is 0 Å². The van der Waals surface area contributed by atoms with Gasteiger partial charge in [0, 0.05) is 10.9 Å². The number of carboxylic acids is 1. The topological polar surface area (TPSA) is 57.6 Å². The zero-order chi connectivity index (χ0) is 15.6. The summed E-state index contributed by atoms with van der Waals surface area (Å²) in [5.74, 6) is -1.86. The SMILES string of the molecule is O=C(O)CN(C(=O)c1ccccc1SC(F)(F)F)C1CC1. The van der Waals surface area contributed by atoms with Crippen molar-refractivity contribution in [2.75, 3.05) is 6.54 Å². The first-order valence-electron chi connectivity index (χ1n) is 6.15. The highest BCUT2D eigenvalue weighted by atomic mass is 32.2. The number of thioether (sulfide) groups is 1. The van der Waals surface area contributed by atoms with E-state index < -0.39 is 23.9 Å². The first kappa shape index (κ1) is 15.7. The summed E-state index contributed by atoms with van der Waals surface area (Å²) in [6.45, 7) is -0.505. The monoisotopic (exact) mass is 319 g/mol. The summed E-state index contributed by atoms with van der Waals surface area (Å²) in [5.41, 5.74) is -4.62. The van der Waals surface area contributed by atoms with Gasteiger partial charge in [0.25, 0.3) is 5.91 Å². The van der Waals surface area contributed by atoms with Crippen LogP contribution < -0.4 is 0 Å². The molecule has 0 unspecified atom stereocenters. The van der Waals surface area contributed by atoms with Crippen LogP contribution in [-0.2, 0) is 4.79 Å². The fraction of sp³-hybridized carbons (Fsp3) is 0.385. The second-order valence-electron chi connectivity index (χ2n) is 4.60. The van der Waals surface area contributed by atoms with Crippen molar-refractivity contribution in [1.29, 1.82) is 0 Å². The smallest absolute Gasteiger partial charge is 0.446 e. The van der Waals surface area contributed by atoms with E-state index in [1.165, 1.54) is 24.3 Å². The molecule has 0 aromatic heterocycles. The number of rotatable bonds is 5. The lowest BCUT2D eigenvalue weighted by molar-refractivity contribution is -0.137. The third-order valence-electron chi connectivity index (χ3n) is 2.90. The van der Waals surface area contributed by atoms with Crippen molar-refractivity contribution in [2.45, 2.75) is 29.3 Å². The van der Waals surface area contributed by atoms with Crippen molar-refractivity contribution in [3.8, 4) is 0 Å². The number of alkyl halides is 3. The number of hydrogen-bond acceptors (Lipinski definition) is 3. The normalized spacial score (nSPS) is 14.8. The number of amides is 1. The van der Waals surface area contributed by atoms with E-state index in [2.05, 4.69) is 0 Å². The number of carbonyl (C=O) groups excluding carboxylic acids is 1. The molecule has 21 heavy (non-hydrogen) atoms. The second-order valence-corrected chi connectivity index (χ2v) is 5.71. The Balaban J connectivity index is 2.27. The molecule has 8 heteroatoms. The minimum Gasteiger partial charge on any atom is -0.480 e. The first-order chi connectivity index (χ1) is 9.78. The Morgan fingerprint density at radius 1 is 1.29 bits per heavy atom. The van der Waals surface area contributed by atoms with Gasteiger partial charge < -0.3 is 10.0 Å². The van der Waals surface area contributed by atoms with Crippen LogP contribution in [0.3, 0.4) is 0 Å². The molecule has 1 aliphatic carbocycles. The van der Waals surface area contributed by atoms with Gasteiger partial charge in [-0.25, -0.2) is 0 Å². The molecule has 1 N–H and O–H groups in total. The third-order valence-corrected chi connectivity index (χ3v) is 3.70. The Hall–Kier alpha value is -1.70. The van der Waals surface area contributed by atoms with Gasteiger partial charge in [-0.1, -0.05) is 12.1 Å². The molecule has 0 bridgehead atoms. The summed E-state index contributed by atoms with van der Waals surface area (Å²) in [7, 11) is 0. The molecule has 1 amide bonds. The van der Waals surface area contributed by atoms with Crippen LogP contribution in [-0.4, -0.2) is 40.0 Å². The minimum atomic E-state index is -4.51. The predicted molar refractivity (Wildman–Crippen MR) is 70.0 cm³/mol. The Morgan fingerprint density at radius 2 is 1.90 bits per heavy atom. The standard InChI is InChI=1S/C13H12F3NO3S/c14-13(15,16)21-10-4-2-1-3-9(10)12(20)17(7-11(18)19)8-5-6-8/h1-4,8H,5-7H2,(H,18,19). The van der Waals surface area contributed by atoms with Crippen molar-refractivity contribution < 1.29 is 27.9 Å². The maximum Gasteiger partial charge on any atom is 0.446 e. The quantitative estimate of drug-likeness (QED) is 0.848. The summed E-state index contributed by atoms with van der Waals surface area (Å²) in [4.78, 5) is 24.1. The number of benzene rings is 1. The Labute approximate surface area is 122 Å². The number of carbonyl (C=O) groups is 2. The zero-order valence-electron chi connectivity index (χ0n) is 10.8. The summed E-state index contributed by atoms with van der Waals surface area (Å²) in [6.07, 6.45) is 1.35. The molecule has 0 aliphatic heterocycles. The molecule has 4 nitrogen and oxygen atoms in total. The van der Waals surface area contributed by atoms with Crippen LogP contribution in [0.1, 0.15) is 23.2 Å². The molecule has 1 aromatic rings. The third kappa shape index (κ3) is 4.38. The second kappa shape index (κ2) is 5.97. The fourth-order valence-electron chi connectivity index (χ4n) is 1.91. The molecule has 1 fully saturated rings. The zero-order valence-corrected chi connectivity index (χ0v) is 11.6. The molecule has 0 spiro atoms. The van der Waals surface area contributed by atoms with Gasteiger partial charge in [-0.05, 0) is 36.7 Å². The van der Waals surface area contributed by atoms with Crippen LogP contribution in [0.25, 0.3) is 0 Å². The van der Waals surface area contributed by atoms with Gasteiger partial charge in [-0.2, -0.15) is 13.2 Å². The van der Waals surface area contributed by atoms with Gasteiger partial charge in [-0.3, -0.25) is 9.59 Å². The van der Waals surface area contributed by atoms with E-state index in [1.54, 1.807) is 0 Å². The summed E-state index contributed by atoms with van der Waals surface area (Å²) >= 11 is -0.371. The minimum absolute atomic E-state index is 0.118. The molecule has 0 radical (unpaired) electrons. The largest absolute Gasteiger partial charge is 0.480 e. The van der Waals surface area contributed by atoms with Crippen LogP contribution in [0.15, 0.2) is 29.2 Å². The van der Waals surface area contributed by atoms with E-state index in [4.69, 9.17) is 5.11 Å². The molecule has 114 valence electrons. The summed E-state index contributed by atoms with van der Waals surface area (Å²) < 4.78 is 37.5. The van der Waals surface area contributed by atoms with E-state index in [-0.39, 0.29) is 28.3 Å². The van der Waals surface area contributed by atoms with Gasteiger partial charge >= 0.3 is 11.5 Å². The lowest BCUT2D eigenvalue weighted by atomic mass is 10.2. The molecule has 1 aliphatic rings. The van der Waals surface area contributed by atoms with E-state index >= 15 is 0 Å². The Kier molecular flexibility index (Phi) is 4.46. The Bertz CT molecular complexity index is 558. The lowest BCUT2D eigenvalue weighted by Crippen LogP contribution is -2.37. The molecule has 1 aromatic carbocycles. The molecular formula is C13H12F3NO3S. The van der Waals surface area contributed by atoms with Gasteiger partial charge in [0.05, 0.1) is 5.56 Å². The molecule has 2 rings (SSSR count). The average Bonchev–Trinajstić information content (AvgIpc) is 3.18. The number of halogens is 3. The number of aliphatic carboxylic acids is 1. The van der Waals surface area contributed by atoms with Crippen molar-refractivity contribution in [3.63, 3.8) is 0 Å².